The van der Waals surface area contributed by atoms with Gasteiger partial charge < -0.3 is 10.2 Å². The molecule has 0 aliphatic heterocycles. The van der Waals surface area contributed by atoms with Crippen molar-refractivity contribution in [2.24, 2.45) is 5.92 Å². The Hall–Kier alpha value is -2.13. The molecule has 2 aromatic carbocycles. The van der Waals surface area contributed by atoms with Crippen LogP contribution in [0.2, 0.25) is 0 Å². The maximum atomic E-state index is 12.9. The first-order valence-electron chi connectivity index (χ1n) is 10.0. The average molecular weight is 367 g/mol. The van der Waals surface area contributed by atoms with Crippen LogP contribution in [0.25, 0.3) is 11.1 Å². The molecule has 146 valence electrons. The lowest BCUT2D eigenvalue weighted by Crippen LogP contribution is -2.37. The number of carbonyl (C=O) groups is 1. The first kappa shape index (κ1) is 21.2. The largest absolute Gasteiger partial charge is 0.349 e. The third kappa shape index (κ3) is 6.84. The molecule has 0 spiro atoms. The zero-order chi connectivity index (χ0) is 19.8. The first-order chi connectivity index (χ1) is 12.9. The van der Waals surface area contributed by atoms with Crippen LogP contribution in [0.4, 0.5) is 0 Å². The summed E-state index contributed by atoms with van der Waals surface area (Å²) >= 11 is 0. The van der Waals surface area contributed by atoms with Gasteiger partial charge in [0.05, 0.1) is 0 Å². The molecule has 2 aromatic rings. The second-order valence-electron chi connectivity index (χ2n) is 8.03. The van der Waals surface area contributed by atoms with Gasteiger partial charge in [-0.2, -0.15) is 0 Å². The van der Waals surface area contributed by atoms with Crippen molar-refractivity contribution in [3.63, 3.8) is 0 Å². The number of carbonyl (C=O) groups excluding carboxylic acids is 1. The lowest BCUT2D eigenvalue weighted by Gasteiger charge is -2.22. The van der Waals surface area contributed by atoms with Crippen LogP contribution in [0.5, 0.6) is 0 Å². The minimum atomic E-state index is 0.0212. The van der Waals surface area contributed by atoms with E-state index in [2.05, 4.69) is 75.4 Å². The number of amides is 1. The highest BCUT2D eigenvalue weighted by Gasteiger charge is 2.16. The molecule has 0 bridgehead atoms. The predicted molar refractivity (Wildman–Crippen MR) is 115 cm³/mol. The van der Waals surface area contributed by atoms with Gasteiger partial charge in [0.15, 0.2) is 0 Å². The van der Waals surface area contributed by atoms with Crippen LogP contribution in [0.1, 0.15) is 49.5 Å². The quantitative estimate of drug-likeness (QED) is 0.676. The number of hydrogen-bond acceptors (Lipinski definition) is 2. The second-order valence-corrected chi connectivity index (χ2v) is 8.03. The monoisotopic (exact) mass is 366 g/mol. The minimum absolute atomic E-state index is 0.0212. The first-order valence-corrected chi connectivity index (χ1v) is 10.0. The molecule has 3 heteroatoms. The molecular weight excluding hydrogens is 332 g/mol. The summed E-state index contributed by atoms with van der Waals surface area (Å²) in [7, 11) is 4.14. The SMILES string of the molecule is CCc1cccc(-c2cccc(C(=O)N[C@H](CCN(C)C)CC(C)C)c2)c1. The van der Waals surface area contributed by atoms with Crippen molar-refractivity contribution in [3.05, 3.63) is 59.7 Å². The number of nitrogens with one attached hydrogen (secondary N) is 1. The van der Waals surface area contributed by atoms with Crippen LogP contribution in [0, 0.1) is 5.92 Å². The Balaban J connectivity index is 2.14. The molecule has 1 N–H and O–H groups in total. The maximum absolute atomic E-state index is 12.9. The maximum Gasteiger partial charge on any atom is 0.251 e. The van der Waals surface area contributed by atoms with Gasteiger partial charge in [-0.1, -0.05) is 57.2 Å². The van der Waals surface area contributed by atoms with Gasteiger partial charge in [-0.05, 0) is 74.6 Å². The fourth-order valence-electron chi connectivity index (χ4n) is 3.31. The highest BCUT2D eigenvalue weighted by atomic mass is 16.1. The van der Waals surface area contributed by atoms with E-state index in [1.165, 1.54) is 5.56 Å². The fourth-order valence-corrected chi connectivity index (χ4v) is 3.31. The summed E-state index contributed by atoms with van der Waals surface area (Å²) in [4.78, 5) is 15.0. The fraction of sp³-hybridized carbons (Fsp3) is 0.458. The zero-order valence-electron chi connectivity index (χ0n) is 17.5. The third-order valence-electron chi connectivity index (χ3n) is 4.81. The van der Waals surface area contributed by atoms with Crippen molar-refractivity contribution in [2.75, 3.05) is 20.6 Å². The lowest BCUT2D eigenvalue weighted by molar-refractivity contribution is 0.0928. The topological polar surface area (TPSA) is 32.3 Å². The molecule has 0 heterocycles. The molecule has 27 heavy (non-hydrogen) atoms. The molecule has 0 aliphatic rings. The van der Waals surface area contributed by atoms with Crippen LogP contribution in [0.3, 0.4) is 0 Å². The second kappa shape index (κ2) is 10.3. The number of hydrogen-bond donors (Lipinski definition) is 1. The van der Waals surface area contributed by atoms with Crippen molar-refractivity contribution in [3.8, 4) is 11.1 Å². The normalized spacial score (nSPS) is 12.4. The standard InChI is InChI=1S/C24H34N2O/c1-6-19-9-7-10-20(16-19)21-11-8-12-22(17-21)24(27)25-23(15-18(2)3)13-14-26(4)5/h7-12,16-18,23H,6,13-15H2,1-5H3,(H,25,27)/t23-/m1/s1. The molecule has 0 unspecified atom stereocenters. The number of benzene rings is 2. The van der Waals surface area contributed by atoms with Crippen molar-refractivity contribution < 1.29 is 4.79 Å². The average Bonchev–Trinajstić information content (AvgIpc) is 2.65. The van der Waals surface area contributed by atoms with E-state index in [0.29, 0.717) is 5.92 Å². The minimum Gasteiger partial charge on any atom is -0.349 e. The van der Waals surface area contributed by atoms with Gasteiger partial charge in [-0.25, -0.2) is 0 Å². The smallest absolute Gasteiger partial charge is 0.251 e. The molecule has 1 amide bonds. The molecule has 1 atom stereocenters. The highest BCUT2D eigenvalue weighted by Crippen LogP contribution is 2.22. The lowest BCUT2D eigenvalue weighted by atomic mass is 9.98. The van der Waals surface area contributed by atoms with E-state index in [1.807, 2.05) is 18.2 Å². The van der Waals surface area contributed by atoms with E-state index in [1.54, 1.807) is 0 Å². The van der Waals surface area contributed by atoms with Gasteiger partial charge >= 0.3 is 0 Å². The van der Waals surface area contributed by atoms with Gasteiger partial charge in [-0.3, -0.25) is 4.79 Å². The summed E-state index contributed by atoms with van der Waals surface area (Å²) < 4.78 is 0. The molecule has 0 saturated heterocycles. The summed E-state index contributed by atoms with van der Waals surface area (Å²) in [6.07, 6.45) is 2.98. The van der Waals surface area contributed by atoms with Crippen LogP contribution in [0.15, 0.2) is 48.5 Å². The number of aryl methyl sites for hydroxylation is 1. The molecule has 0 aromatic heterocycles. The third-order valence-corrected chi connectivity index (χ3v) is 4.81. The number of rotatable bonds is 9. The van der Waals surface area contributed by atoms with Crippen LogP contribution in [-0.2, 0) is 6.42 Å². The van der Waals surface area contributed by atoms with E-state index >= 15 is 0 Å². The van der Waals surface area contributed by atoms with Crippen LogP contribution >= 0.6 is 0 Å². The van der Waals surface area contributed by atoms with Gasteiger partial charge in [-0.15, -0.1) is 0 Å². The molecule has 3 nitrogen and oxygen atoms in total. The zero-order valence-corrected chi connectivity index (χ0v) is 17.5. The molecule has 2 rings (SSSR count). The van der Waals surface area contributed by atoms with Crippen molar-refractivity contribution in [2.45, 2.75) is 46.1 Å². The summed E-state index contributed by atoms with van der Waals surface area (Å²) in [6, 6.07) is 16.7. The van der Waals surface area contributed by atoms with Gasteiger partial charge in [0.1, 0.15) is 0 Å². The summed E-state index contributed by atoms with van der Waals surface area (Å²) in [5.74, 6) is 0.577. The van der Waals surface area contributed by atoms with E-state index < -0.39 is 0 Å². The Morgan fingerprint density at radius 1 is 1.04 bits per heavy atom. The Bertz CT molecular complexity index is 737. The van der Waals surface area contributed by atoms with Crippen molar-refractivity contribution in [1.29, 1.82) is 0 Å². The van der Waals surface area contributed by atoms with Crippen molar-refractivity contribution in [1.82, 2.24) is 10.2 Å². The van der Waals surface area contributed by atoms with Crippen LogP contribution < -0.4 is 5.32 Å². The molecule has 0 radical (unpaired) electrons. The van der Waals surface area contributed by atoms with Gasteiger partial charge in [0, 0.05) is 11.6 Å². The summed E-state index contributed by atoms with van der Waals surface area (Å²) in [5.41, 5.74) is 4.29. The van der Waals surface area contributed by atoms with Crippen LogP contribution in [-0.4, -0.2) is 37.5 Å². The van der Waals surface area contributed by atoms with Gasteiger partial charge in [0.2, 0.25) is 0 Å². The molecule has 0 fully saturated rings. The van der Waals surface area contributed by atoms with Gasteiger partial charge in [0.25, 0.3) is 5.91 Å². The van der Waals surface area contributed by atoms with E-state index in [4.69, 9.17) is 0 Å². The van der Waals surface area contributed by atoms with E-state index in [9.17, 15) is 4.79 Å². The van der Waals surface area contributed by atoms with E-state index in [-0.39, 0.29) is 11.9 Å². The summed E-state index contributed by atoms with van der Waals surface area (Å²) in [6.45, 7) is 7.54. The Kier molecular flexibility index (Phi) is 8.05. The molecule has 0 saturated carbocycles. The highest BCUT2D eigenvalue weighted by molar-refractivity contribution is 5.95. The van der Waals surface area contributed by atoms with E-state index in [0.717, 1.165) is 42.5 Å². The number of nitrogens with zero attached hydrogens (tertiary/aromatic N) is 1. The Morgan fingerprint density at radius 2 is 1.70 bits per heavy atom. The molecular formula is C24H34N2O. The Labute approximate surface area is 164 Å². The van der Waals surface area contributed by atoms with Crippen molar-refractivity contribution >= 4 is 5.91 Å². The molecule has 0 aliphatic carbocycles. The Morgan fingerprint density at radius 3 is 2.33 bits per heavy atom. The predicted octanol–water partition coefficient (Wildman–Crippen LogP) is 5.01. The summed E-state index contributed by atoms with van der Waals surface area (Å²) in [5, 5.41) is 3.26.